The SMILES string of the molecule is CCC(C)c1ccc(S(=O)(=O)Nc2cccc(OC)c2)cc1. The number of ether oxygens (including phenoxy) is 1. The van der Waals surface area contributed by atoms with Crippen LogP contribution in [0.2, 0.25) is 0 Å². The van der Waals surface area contributed by atoms with Gasteiger partial charge in [-0.05, 0) is 42.2 Å². The Balaban J connectivity index is 2.22. The summed E-state index contributed by atoms with van der Waals surface area (Å²) in [4.78, 5) is 0.252. The van der Waals surface area contributed by atoms with Gasteiger partial charge in [0.2, 0.25) is 0 Å². The third kappa shape index (κ3) is 3.80. The summed E-state index contributed by atoms with van der Waals surface area (Å²) >= 11 is 0. The third-order valence-electron chi connectivity index (χ3n) is 3.69. The molecule has 118 valence electrons. The van der Waals surface area contributed by atoms with E-state index in [0.717, 1.165) is 12.0 Å². The minimum absolute atomic E-state index is 0.252. The molecule has 2 aromatic carbocycles. The zero-order valence-electron chi connectivity index (χ0n) is 13.0. The minimum atomic E-state index is -3.59. The van der Waals surface area contributed by atoms with Crippen molar-refractivity contribution in [3.05, 3.63) is 54.1 Å². The second-order valence-corrected chi connectivity index (χ2v) is 6.90. The molecule has 5 heteroatoms. The molecular weight excluding hydrogens is 298 g/mol. The van der Waals surface area contributed by atoms with Crippen molar-refractivity contribution in [1.29, 1.82) is 0 Å². The van der Waals surface area contributed by atoms with E-state index in [9.17, 15) is 8.42 Å². The summed E-state index contributed by atoms with van der Waals surface area (Å²) in [6, 6.07) is 13.9. The molecule has 0 saturated heterocycles. The van der Waals surface area contributed by atoms with E-state index in [1.807, 2.05) is 12.1 Å². The quantitative estimate of drug-likeness (QED) is 0.875. The Labute approximate surface area is 132 Å². The number of hydrogen-bond donors (Lipinski definition) is 1. The van der Waals surface area contributed by atoms with Gasteiger partial charge in [-0.1, -0.05) is 32.0 Å². The van der Waals surface area contributed by atoms with Gasteiger partial charge < -0.3 is 4.74 Å². The standard InChI is InChI=1S/C17H21NO3S/c1-4-13(2)14-8-10-17(11-9-14)22(19,20)18-15-6-5-7-16(12-15)21-3/h5-13,18H,4H2,1-3H3. The zero-order valence-corrected chi connectivity index (χ0v) is 13.9. The van der Waals surface area contributed by atoms with Gasteiger partial charge in [-0.25, -0.2) is 8.42 Å². The van der Waals surface area contributed by atoms with Crippen LogP contribution < -0.4 is 9.46 Å². The molecule has 1 unspecified atom stereocenters. The van der Waals surface area contributed by atoms with E-state index in [4.69, 9.17) is 4.74 Å². The van der Waals surface area contributed by atoms with E-state index >= 15 is 0 Å². The van der Waals surface area contributed by atoms with Gasteiger partial charge in [0, 0.05) is 6.07 Å². The molecular formula is C17H21NO3S. The molecule has 0 aliphatic rings. The van der Waals surface area contributed by atoms with Crippen LogP contribution in [0.5, 0.6) is 5.75 Å². The fourth-order valence-electron chi connectivity index (χ4n) is 2.11. The second kappa shape index (κ2) is 6.83. The lowest BCUT2D eigenvalue weighted by Crippen LogP contribution is -2.13. The highest BCUT2D eigenvalue weighted by molar-refractivity contribution is 7.92. The summed E-state index contributed by atoms with van der Waals surface area (Å²) in [7, 11) is -2.05. The molecule has 0 heterocycles. The summed E-state index contributed by atoms with van der Waals surface area (Å²) in [5.74, 6) is 1.02. The molecule has 0 aromatic heterocycles. The maximum Gasteiger partial charge on any atom is 0.261 e. The van der Waals surface area contributed by atoms with E-state index in [2.05, 4.69) is 18.6 Å². The van der Waals surface area contributed by atoms with Crippen molar-refractivity contribution in [2.45, 2.75) is 31.1 Å². The summed E-state index contributed by atoms with van der Waals surface area (Å²) in [5, 5.41) is 0. The summed E-state index contributed by atoms with van der Waals surface area (Å²) in [6.07, 6.45) is 1.02. The van der Waals surface area contributed by atoms with E-state index in [-0.39, 0.29) is 4.90 Å². The largest absolute Gasteiger partial charge is 0.497 e. The molecule has 0 radical (unpaired) electrons. The molecule has 0 fully saturated rings. The molecule has 2 rings (SSSR count). The number of rotatable bonds is 6. The van der Waals surface area contributed by atoms with Crippen LogP contribution in [0, 0.1) is 0 Å². The first-order chi connectivity index (χ1) is 10.5. The maximum atomic E-state index is 12.4. The Morgan fingerprint density at radius 2 is 1.82 bits per heavy atom. The Hall–Kier alpha value is -2.01. The normalized spacial score (nSPS) is 12.7. The Morgan fingerprint density at radius 1 is 1.14 bits per heavy atom. The third-order valence-corrected chi connectivity index (χ3v) is 5.09. The molecule has 0 bridgehead atoms. The predicted molar refractivity (Wildman–Crippen MR) is 89.0 cm³/mol. The maximum absolute atomic E-state index is 12.4. The summed E-state index contributed by atoms with van der Waals surface area (Å²) in [5.41, 5.74) is 1.62. The molecule has 0 spiro atoms. The number of nitrogens with one attached hydrogen (secondary N) is 1. The highest BCUT2D eigenvalue weighted by atomic mass is 32.2. The molecule has 4 nitrogen and oxygen atoms in total. The first-order valence-electron chi connectivity index (χ1n) is 7.23. The van der Waals surface area contributed by atoms with E-state index in [0.29, 0.717) is 17.4 Å². The lowest BCUT2D eigenvalue weighted by molar-refractivity contribution is 0.415. The first kappa shape index (κ1) is 16.4. The average molecular weight is 319 g/mol. The van der Waals surface area contributed by atoms with Gasteiger partial charge in [0.05, 0.1) is 17.7 Å². The Morgan fingerprint density at radius 3 is 2.41 bits per heavy atom. The number of sulfonamides is 1. The van der Waals surface area contributed by atoms with Crippen molar-refractivity contribution in [3.63, 3.8) is 0 Å². The monoisotopic (exact) mass is 319 g/mol. The Kier molecular flexibility index (Phi) is 5.08. The van der Waals surface area contributed by atoms with Gasteiger partial charge in [-0.2, -0.15) is 0 Å². The van der Waals surface area contributed by atoms with Crippen molar-refractivity contribution in [3.8, 4) is 5.75 Å². The lowest BCUT2D eigenvalue weighted by Gasteiger charge is -2.12. The molecule has 2 aromatic rings. The van der Waals surface area contributed by atoms with Crippen molar-refractivity contribution < 1.29 is 13.2 Å². The van der Waals surface area contributed by atoms with Crippen LogP contribution in [0.3, 0.4) is 0 Å². The lowest BCUT2D eigenvalue weighted by atomic mass is 9.99. The number of benzene rings is 2. The van der Waals surface area contributed by atoms with Gasteiger partial charge in [0.15, 0.2) is 0 Å². The predicted octanol–water partition coefficient (Wildman–Crippen LogP) is 4.01. The second-order valence-electron chi connectivity index (χ2n) is 5.22. The van der Waals surface area contributed by atoms with Crippen LogP contribution in [0.1, 0.15) is 31.7 Å². The van der Waals surface area contributed by atoms with Gasteiger partial charge in [0.1, 0.15) is 5.75 Å². The van der Waals surface area contributed by atoms with Crippen LogP contribution in [-0.4, -0.2) is 15.5 Å². The van der Waals surface area contributed by atoms with Gasteiger partial charge in [-0.3, -0.25) is 4.72 Å². The molecule has 0 aliphatic carbocycles. The fraction of sp³-hybridized carbons (Fsp3) is 0.294. The highest BCUT2D eigenvalue weighted by Crippen LogP contribution is 2.23. The number of anilines is 1. The topological polar surface area (TPSA) is 55.4 Å². The smallest absolute Gasteiger partial charge is 0.261 e. The number of hydrogen-bond acceptors (Lipinski definition) is 3. The number of methoxy groups -OCH3 is 1. The molecule has 22 heavy (non-hydrogen) atoms. The Bertz CT molecular complexity index is 724. The van der Waals surface area contributed by atoms with Gasteiger partial charge in [-0.15, -0.1) is 0 Å². The van der Waals surface area contributed by atoms with Crippen LogP contribution in [0.25, 0.3) is 0 Å². The van der Waals surface area contributed by atoms with Crippen LogP contribution in [0.15, 0.2) is 53.4 Å². The molecule has 1 atom stereocenters. The van der Waals surface area contributed by atoms with Crippen molar-refractivity contribution >= 4 is 15.7 Å². The van der Waals surface area contributed by atoms with E-state index in [1.165, 1.54) is 0 Å². The molecule has 0 saturated carbocycles. The molecule has 1 N–H and O–H groups in total. The molecule has 0 aliphatic heterocycles. The van der Waals surface area contributed by atoms with Crippen LogP contribution in [-0.2, 0) is 10.0 Å². The zero-order chi connectivity index (χ0) is 16.2. The van der Waals surface area contributed by atoms with Gasteiger partial charge in [0.25, 0.3) is 10.0 Å². The van der Waals surface area contributed by atoms with E-state index < -0.39 is 10.0 Å². The van der Waals surface area contributed by atoms with E-state index in [1.54, 1.807) is 43.5 Å². The first-order valence-corrected chi connectivity index (χ1v) is 8.71. The molecule has 0 amide bonds. The van der Waals surface area contributed by atoms with Crippen LogP contribution >= 0.6 is 0 Å². The summed E-state index contributed by atoms with van der Waals surface area (Å²) < 4.78 is 32.5. The minimum Gasteiger partial charge on any atom is -0.497 e. The summed E-state index contributed by atoms with van der Waals surface area (Å²) in [6.45, 7) is 4.23. The fourth-order valence-corrected chi connectivity index (χ4v) is 3.16. The van der Waals surface area contributed by atoms with Crippen LogP contribution in [0.4, 0.5) is 5.69 Å². The van der Waals surface area contributed by atoms with Crippen molar-refractivity contribution in [2.75, 3.05) is 11.8 Å². The van der Waals surface area contributed by atoms with Crippen molar-refractivity contribution in [2.24, 2.45) is 0 Å². The highest BCUT2D eigenvalue weighted by Gasteiger charge is 2.15. The average Bonchev–Trinajstić information content (AvgIpc) is 2.54. The van der Waals surface area contributed by atoms with Crippen molar-refractivity contribution in [1.82, 2.24) is 0 Å². The van der Waals surface area contributed by atoms with Gasteiger partial charge >= 0.3 is 0 Å².